The summed E-state index contributed by atoms with van der Waals surface area (Å²) in [6.45, 7) is 0.979. The van der Waals surface area contributed by atoms with Gasteiger partial charge in [0.15, 0.2) is 0 Å². The first-order chi connectivity index (χ1) is 12.2. The van der Waals surface area contributed by atoms with Crippen molar-refractivity contribution in [2.75, 3.05) is 27.3 Å². The molecule has 5 nitrogen and oxygen atoms in total. The van der Waals surface area contributed by atoms with Crippen LogP contribution in [0.2, 0.25) is 0 Å². The van der Waals surface area contributed by atoms with E-state index in [4.69, 9.17) is 13.9 Å². The summed E-state index contributed by atoms with van der Waals surface area (Å²) in [4.78, 5) is 14.1. The van der Waals surface area contributed by atoms with E-state index in [1.165, 1.54) is 0 Å². The first kappa shape index (κ1) is 16.9. The number of hydrogen-bond donors (Lipinski definition) is 0. The molecule has 0 fully saturated rings. The van der Waals surface area contributed by atoms with Crippen molar-refractivity contribution < 1.29 is 18.7 Å². The lowest BCUT2D eigenvalue weighted by molar-refractivity contribution is -0.129. The number of amides is 1. The molecule has 1 aromatic heterocycles. The zero-order chi connectivity index (χ0) is 17.6. The summed E-state index contributed by atoms with van der Waals surface area (Å²) in [5, 5.41) is 0.933. The van der Waals surface area contributed by atoms with Gasteiger partial charge in [0.2, 0.25) is 5.91 Å². The van der Waals surface area contributed by atoms with E-state index in [1.807, 2.05) is 48.5 Å². The minimum absolute atomic E-state index is 0.0233. The van der Waals surface area contributed by atoms with Gasteiger partial charge in [-0.3, -0.25) is 4.79 Å². The molecule has 0 spiro atoms. The van der Waals surface area contributed by atoms with Crippen LogP contribution in [-0.2, 0) is 11.2 Å². The summed E-state index contributed by atoms with van der Waals surface area (Å²) >= 11 is 0. The van der Waals surface area contributed by atoms with E-state index in [0.29, 0.717) is 19.6 Å². The van der Waals surface area contributed by atoms with Crippen molar-refractivity contribution in [2.24, 2.45) is 0 Å². The Hall–Kier alpha value is -2.95. The Bertz CT molecular complexity index is 841. The number of nitrogens with zero attached hydrogens (tertiary/aromatic N) is 1. The predicted octanol–water partition coefficient (Wildman–Crippen LogP) is 3.52. The highest BCUT2D eigenvalue weighted by atomic mass is 16.5. The third-order valence-corrected chi connectivity index (χ3v) is 4.07. The molecule has 3 rings (SSSR count). The molecule has 3 aromatic rings. The standard InChI is InChI=1S/C20H21NO4/c1-21(10-11-24-16-6-4-3-5-7-16)20(22)12-15-14-25-19-13-17(23-2)8-9-18(15)19/h3-9,13-14H,10-12H2,1-2H3. The predicted molar refractivity (Wildman–Crippen MR) is 96.0 cm³/mol. The van der Waals surface area contributed by atoms with Crippen molar-refractivity contribution in [1.82, 2.24) is 4.90 Å². The average molecular weight is 339 g/mol. The monoisotopic (exact) mass is 339 g/mol. The SMILES string of the molecule is COc1ccc2c(CC(=O)N(C)CCOc3ccccc3)coc2c1. The maximum atomic E-state index is 12.4. The van der Waals surface area contributed by atoms with E-state index in [1.54, 1.807) is 25.3 Å². The Kier molecular flexibility index (Phi) is 5.23. The second-order valence-corrected chi connectivity index (χ2v) is 5.78. The third kappa shape index (κ3) is 4.12. The number of furan rings is 1. The first-order valence-electron chi connectivity index (χ1n) is 8.13. The molecule has 130 valence electrons. The van der Waals surface area contributed by atoms with Crippen molar-refractivity contribution in [1.29, 1.82) is 0 Å². The molecule has 0 aliphatic heterocycles. The summed E-state index contributed by atoms with van der Waals surface area (Å²) in [6.07, 6.45) is 1.93. The third-order valence-electron chi connectivity index (χ3n) is 4.07. The fourth-order valence-corrected chi connectivity index (χ4v) is 2.57. The molecular weight excluding hydrogens is 318 g/mol. The Balaban J connectivity index is 1.56. The summed E-state index contributed by atoms with van der Waals surface area (Å²) in [6, 6.07) is 15.2. The second-order valence-electron chi connectivity index (χ2n) is 5.78. The number of ether oxygens (including phenoxy) is 2. The molecule has 0 bridgehead atoms. The molecule has 0 atom stereocenters. The molecule has 0 unspecified atom stereocenters. The number of likely N-dealkylation sites (N-methyl/N-ethyl adjacent to an activating group) is 1. The van der Waals surface area contributed by atoms with Gasteiger partial charge in [-0.15, -0.1) is 0 Å². The highest BCUT2D eigenvalue weighted by Crippen LogP contribution is 2.26. The summed E-state index contributed by atoms with van der Waals surface area (Å²) in [7, 11) is 3.39. The molecular formula is C20H21NO4. The van der Waals surface area contributed by atoms with E-state index in [9.17, 15) is 4.79 Å². The van der Waals surface area contributed by atoms with Crippen molar-refractivity contribution in [3.8, 4) is 11.5 Å². The molecule has 2 aromatic carbocycles. The van der Waals surface area contributed by atoms with Crippen molar-refractivity contribution in [3.05, 3.63) is 60.4 Å². The van der Waals surface area contributed by atoms with Gasteiger partial charge in [0.25, 0.3) is 0 Å². The van der Waals surface area contributed by atoms with Gasteiger partial charge >= 0.3 is 0 Å². The van der Waals surface area contributed by atoms with Crippen LogP contribution < -0.4 is 9.47 Å². The van der Waals surface area contributed by atoms with E-state index in [0.717, 1.165) is 28.0 Å². The van der Waals surface area contributed by atoms with Gasteiger partial charge in [-0.25, -0.2) is 0 Å². The Morgan fingerprint density at radius 1 is 1.12 bits per heavy atom. The average Bonchev–Trinajstić information content (AvgIpc) is 3.04. The van der Waals surface area contributed by atoms with Crippen LogP contribution in [0, 0.1) is 0 Å². The molecule has 0 aliphatic carbocycles. The van der Waals surface area contributed by atoms with Gasteiger partial charge in [-0.2, -0.15) is 0 Å². The number of carbonyl (C=O) groups is 1. The van der Waals surface area contributed by atoms with Crippen LogP contribution in [0.3, 0.4) is 0 Å². The largest absolute Gasteiger partial charge is 0.497 e. The van der Waals surface area contributed by atoms with E-state index < -0.39 is 0 Å². The van der Waals surface area contributed by atoms with E-state index in [-0.39, 0.29) is 5.91 Å². The van der Waals surface area contributed by atoms with Gasteiger partial charge in [-0.1, -0.05) is 18.2 Å². The quantitative estimate of drug-likeness (QED) is 0.661. The second kappa shape index (κ2) is 7.75. The summed E-state index contributed by atoms with van der Waals surface area (Å²) < 4.78 is 16.3. The van der Waals surface area contributed by atoms with Crippen LogP contribution >= 0.6 is 0 Å². The fourth-order valence-electron chi connectivity index (χ4n) is 2.57. The Morgan fingerprint density at radius 3 is 2.68 bits per heavy atom. The molecule has 0 saturated carbocycles. The lowest BCUT2D eigenvalue weighted by Gasteiger charge is -2.17. The van der Waals surface area contributed by atoms with Gasteiger partial charge in [-0.05, 0) is 24.3 Å². The van der Waals surface area contributed by atoms with Gasteiger partial charge in [0.05, 0.1) is 26.3 Å². The zero-order valence-electron chi connectivity index (χ0n) is 14.4. The van der Waals surface area contributed by atoms with Crippen molar-refractivity contribution in [2.45, 2.75) is 6.42 Å². The first-order valence-corrected chi connectivity index (χ1v) is 8.13. The number of benzene rings is 2. The highest BCUT2D eigenvalue weighted by molar-refractivity contribution is 5.88. The molecule has 1 heterocycles. The van der Waals surface area contributed by atoms with Gasteiger partial charge < -0.3 is 18.8 Å². The molecule has 0 aliphatic rings. The molecule has 0 N–H and O–H groups in total. The highest BCUT2D eigenvalue weighted by Gasteiger charge is 2.14. The van der Waals surface area contributed by atoms with Crippen LogP contribution in [-0.4, -0.2) is 38.1 Å². The minimum atomic E-state index is 0.0233. The smallest absolute Gasteiger partial charge is 0.226 e. The maximum Gasteiger partial charge on any atom is 0.226 e. The fraction of sp³-hybridized carbons (Fsp3) is 0.250. The molecule has 0 saturated heterocycles. The number of carbonyl (C=O) groups excluding carboxylic acids is 1. The number of hydrogen-bond acceptors (Lipinski definition) is 4. The van der Waals surface area contributed by atoms with E-state index >= 15 is 0 Å². The lowest BCUT2D eigenvalue weighted by Crippen LogP contribution is -2.32. The number of para-hydroxylation sites is 1. The number of methoxy groups -OCH3 is 1. The normalized spacial score (nSPS) is 10.6. The topological polar surface area (TPSA) is 51.9 Å². The Labute approximate surface area is 146 Å². The number of rotatable bonds is 7. The molecule has 1 amide bonds. The summed E-state index contributed by atoms with van der Waals surface area (Å²) in [5.74, 6) is 1.56. The molecule has 25 heavy (non-hydrogen) atoms. The van der Waals surface area contributed by atoms with Crippen LogP contribution in [0.4, 0.5) is 0 Å². The van der Waals surface area contributed by atoms with E-state index in [2.05, 4.69) is 0 Å². The van der Waals surface area contributed by atoms with Crippen LogP contribution in [0.15, 0.2) is 59.2 Å². The Morgan fingerprint density at radius 2 is 1.92 bits per heavy atom. The molecule has 5 heteroatoms. The zero-order valence-corrected chi connectivity index (χ0v) is 14.4. The minimum Gasteiger partial charge on any atom is -0.497 e. The van der Waals surface area contributed by atoms with Crippen LogP contribution in [0.25, 0.3) is 11.0 Å². The van der Waals surface area contributed by atoms with Gasteiger partial charge in [0.1, 0.15) is 23.7 Å². The lowest BCUT2D eigenvalue weighted by atomic mass is 10.1. The summed E-state index contributed by atoms with van der Waals surface area (Å²) in [5.41, 5.74) is 1.59. The number of fused-ring (bicyclic) bond motifs is 1. The van der Waals surface area contributed by atoms with Crippen molar-refractivity contribution >= 4 is 16.9 Å². The molecule has 0 radical (unpaired) electrons. The van der Waals surface area contributed by atoms with Crippen LogP contribution in [0.1, 0.15) is 5.56 Å². The van der Waals surface area contributed by atoms with Crippen molar-refractivity contribution in [3.63, 3.8) is 0 Å². The maximum absolute atomic E-state index is 12.4. The van der Waals surface area contributed by atoms with Crippen LogP contribution in [0.5, 0.6) is 11.5 Å². The van der Waals surface area contributed by atoms with Gasteiger partial charge in [0, 0.05) is 24.1 Å².